The molecule has 202 valence electrons. The normalized spacial score (nSPS) is 18.2. The van der Waals surface area contributed by atoms with Crippen LogP contribution in [0.3, 0.4) is 0 Å². The number of likely N-dealkylation sites (N-methyl/N-ethyl adjacent to an activating group) is 1. The molecule has 2 fully saturated rings. The highest BCUT2D eigenvalue weighted by atomic mass is 16.6. The predicted octanol–water partition coefficient (Wildman–Crippen LogP) is 3.59. The molecule has 4 rings (SSSR count). The van der Waals surface area contributed by atoms with Crippen molar-refractivity contribution in [3.63, 3.8) is 0 Å². The number of nitrogens with zero attached hydrogens (tertiary/aromatic N) is 5. The van der Waals surface area contributed by atoms with Crippen LogP contribution in [0.15, 0.2) is 24.5 Å². The average molecular weight is 512 g/mol. The van der Waals surface area contributed by atoms with E-state index in [9.17, 15) is 4.79 Å². The highest BCUT2D eigenvalue weighted by molar-refractivity contribution is 5.68. The fourth-order valence-corrected chi connectivity index (χ4v) is 4.76. The number of amides is 1. The third-order valence-corrected chi connectivity index (χ3v) is 6.84. The molecule has 1 aliphatic heterocycles. The van der Waals surface area contributed by atoms with Gasteiger partial charge in [0.1, 0.15) is 11.4 Å². The number of nitrogens with one attached hydrogen (secondary N) is 3. The molecule has 0 atom stereocenters. The zero-order valence-electron chi connectivity index (χ0n) is 22.5. The lowest BCUT2D eigenvalue weighted by Crippen LogP contribution is -2.51. The van der Waals surface area contributed by atoms with Crippen LogP contribution < -0.4 is 26.6 Å². The molecule has 11 nitrogen and oxygen atoms in total. The van der Waals surface area contributed by atoms with Crippen LogP contribution in [0.5, 0.6) is 0 Å². The number of pyridine rings is 1. The van der Waals surface area contributed by atoms with E-state index in [4.69, 9.17) is 10.5 Å². The van der Waals surface area contributed by atoms with Crippen LogP contribution in [0.1, 0.15) is 52.9 Å². The average Bonchev–Trinajstić information content (AvgIpc) is 2.86. The summed E-state index contributed by atoms with van der Waals surface area (Å²) in [5.74, 6) is 1.61. The highest BCUT2D eigenvalue weighted by Crippen LogP contribution is 2.33. The molecular weight excluding hydrogens is 470 g/mol. The minimum absolute atomic E-state index is 0.364. The van der Waals surface area contributed by atoms with Gasteiger partial charge in [-0.2, -0.15) is 4.98 Å². The summed E-state index contributed by atoms with van der Waals surface area (Å²) in [6, 6.07) is 4.00. The zero-order valence-corrected chi connectivity index (χ0v) is 22.5. The van der Waals surface area contributed by atoms with Crippen molar-refractivity contribution in [2.75, 3.05) is 61.0 Å². The minimum atomic E-state index is -0.550. The van der Waals surface area contributed by atoms with Gasteiger partial charge >= 0.3 is 6.09 Å². The molecule has 0 aromatic carbocycles. The van der Waals surface area contributed by atoms with E-state index >= 15 is 0 Å². The first kappa shape index (κ1) is 26.7. The van der Waals surface area contributed by atoms with Gasteiger partial charge in [0, 0.05) is 32.7 Å². The van der Waals surface area contributed by atoms with E-state index in [0.717, 1.165) is 64.0 Å². The first-order chi connectivity index (χ1) is 17.6. The van der Waals surface area contributed by atoms with Crippen molar-refractivity contribution in [1.82, 2.24) is 25.2 Å². The maximum Gasteiger partial charge on any atom is 0.407 e. The second-order valence-electron chi connectivity index (χ2n) is 11.1. The van der Waals surface area contributed by atoms with Crippen molar-refractivity contribution in [3.8, 4) is 0 Å². The number of hydrogen-bond acceptors (Lipinski definition) is 10. The molecule has 1 saturated carbocycles. The number of nitrogens with two attached hydrogens (primary N) is 1. The Balaban J connectivity index is 1.42. The quantitative estimate of drug-likeness (QED) is 0.437. The van der Waals surface area contributed by atoms with E-state index in [1.165, 1.54) is 0 Å². The number of aromatic nitrogens is 3. The van der Waals surface area contributed by atoms with Gasteiger partial charge in [0.15, 0.2) is 5.82 Å². The van der Waals surface area contributed by atoms with Crippen molar-refractivity contribution >= 4 is 35.1 Å². The maximum absolute atomic E-state index is 12.3. The van der Waals surface area contributed by atoms with Crippen LogP contribution in [-0.4, -0.2) is 76.9 Å². The number of piperazine rings is 1. The largest absolute Gasteiger partial charge is 0.444 e. The maximum atomic E-state index is 12.3. The van der Waals surface area contributed by atoms with E-state index < -0.39 is 11.7 Å². The smallest absolute Gasteiger partial charge is 0.407 e. The van der Waals surface area contributed by atoms with Crippen molar-refractivity contribution < 1.29 is 9.53 Å². The van der Waals surface area contributed by atoms with Crippen LogP contribution in [-0.2, 0) is 4.74 Å². The Hall–Kier alpha value is -3.34. The van der Waals surface area contributed by atoms with Crippen LogP contribution in [0.4, 0.5) is 33.8 Å². The summed E-state index contributed by atoms with van der Waals surface area (Å²) in [5, 5.41) is 9.67. The molecule has 37 heavy (non-hydrogen) atoms. The van der Waals surface area contributed by atoms with Gasteiger partial charge in [0.2, 0.25) is 5.95 Å². The van der Waals surface area contributed by atoms with Gasteiger partial charge in [0.05, 0.1) is 29.3 Å². The Morgan fingerprint density at radius 2 is 1.81 bits per heavy atom. The second-order valence-corrected chi connectivity index (χ2v) is 11.1. The molecule has 3 heterocycles. The Kier molecular flexibility index (Phi) is 8.21. The molecule has 0 radical (unpaired) electrons. The Bertz CT molecular complexity index is 1040. The molecule has 1 saturated heterocycles. The molecule has 2 aromatic heterocycles. The predicted molar refractivity (Wildman–Crippen MR) is 147 cm³/mol. The van der Waals surface area contributed by atoms with Gasteiger partial charge in [-0.3, -0.25) is 0 Å². The molecule has 0 spiro atoms. The number of hydrogen-bond donors (Lipinski definition) is 4. The van der Waals surface area contributed by atoms with Crippen LogP contribution >= 0.6 is 0 Å². The SMILES string of the molecule is CN1CCN(c2ccc(Nc3ncc(N)c(NC4(CNC(=O)OC(C)(C)C)CCCCC4)n3)nc2)CC1. The summed E-state index contributed by atoms with van der Waals surface area (Å²) >= 11 is 0. The molecule has 1 amide bonds. The Morgan fingerprint density at radius 3 is 2.46 bits per heavy atom. The molecule has 2 aliphatic rings. The van der Waals surface area contributed by atoms with Crippen LogP contribution in [0.25, 0.3) is 0 Å². The number of anilines is 5. The summed E-state index contributed by atoms with van der Waals surface area (Å²) in [6.45, 7) is 10.1. The fraction of sp³-hybridized carbons (Fsp3) is 0.615. The van der Waals surface area contributed by atoms with Crippen molar-refractivity contribution in [3.05, 3.63) is 24.5 Å². The van der Waals surface area contributed by atoms with E-state index in [0.29, 0.717) is 29.8 Å². The van der Waals surface area contributed by atoms with E-state index in [2.05, 4.69) is 53.8 Å². The summed E-state index contributed by atoms with van der Waals surface area (Å²) in [7, 11) is 2.14. The number of carbonyl (C=O) groups is 1. The molecule has 1 aliphatic carbocycles. The molecule has 2 aromatic rings. The monoisotopic (exact) mass is 511 g/mol. The van der Waals surface area contributed by atoms with Gasteiger partial charge in [-0.1, -0.05) is 19.3 Å². The molecular formula is C26H41N9O2. The first-order valence-electron chi connectivity index (χ1n) is 13.1. The van der Waals surface area contributed by atoms with Gasteiger partial charge in [-0.25, -0.2) is 14.8 Å². The van der Waals surface area contributed by atoms with Crippen molar-refractivity contribution in [2.45, 2.75) is 64.0 Å². The Labute approximate surface area is 219 Å². The molecule has 5 N–H and O–H groups in total. The van der Waals surface area contributed by atoms with Crippen LogP contribution in [0, 0.1) is 0 Å². The van der Waals surface area contributed by atoms with Gasteiger partial charge in [0.25, 0.3) is 0 Å². The summed E-state index contributed by atoms with van der Waals surface area (Å²) < 4.78 is 5.43. The lowest BCUT2D eigenvalue weighted by molar-refractivity contribution is 0.0512. The van der Waals surface area contributed by atoms with Gasteiger partial charge in [-0.15, -0.1) is 0 Å². The van der Waals surface area contributed by atoms with Gasteiger partial charge < -0.3 is 36.2 Å². The second kappa shape index (κ2) is 11.4. The number of ether oxygens (including phenoxy) is 1. The third-order valence-electron chi connectivity index (χ3n) is 6.84. The number of carbonyl (C=O) groups excluding carboxylic acids is 1. The number of nitrogen functional groups attached to an aromatic ring is 1. The molecule has 0 bridgehead atoms. The number of alkyl carbamates (subject to hydrolysis) is 1. The summed E-state index contributed by atoms with van der Waals surface area (Å²) in [5.41, 5.74) is 6.90. The van der Waals surface area contributed by atoms with Crippen molar-refractivity contribution in [2.24, 2.45) is 0 Å². The lowest BCUT2D eigenvalue weighted by Gasteiger charge is -2.39. The zero-order chi connectivity index (χ0) is 26.5. The lowest BCUT2D eigenvalue weighted by atomic mass is 9.81. The minimum Gasteiger partial charge on any atom is -0.444 e. The third kappa shape index (κ3) is 7.58. The summed E-state index contributed by atoms with van der Waals surface area (Å²) in [6.07, 6.45) is 8.11. The first-order valence-corrected chi connectivity index (χ1v) is 13.1. The standard InChI is InChI=1S/C26H41N9O2/c1-25(2,3)37-24(36)30-18-26(10-6-5-7-11-26)33-22-20(27)17-29-23(32-22)31-21-9-8-19(16-28-21)35-14-12-34(4)13-15-35/h8-9,16-17H,5-7,10-15,18,27H2,1-4H3,(H,30,36)(H2,28,29,31,32,33). The topological polar surface area (TPSA) is 134 Å². The molecule has 0 unspecified atom stereocenters. The van der Waals surface area contributed by atoms with Gasteiger partial charge in [-0.05, 0) is 52.8 Å². The highest BCUT2D eigenvalue weighted by Gasteiger charge is 2.34. The van der Waals surface area contributed by atoms with Crippen LogP contribution in [0.2, 0.25) is 0 Å². The van der Waals surface area contributed by atoms with E-state index in [1.54, 1.807) is 6.20 Å². The summed E-state index contributed by atoms with van der Waals surface area (Å²) in [4.78, 5) is 30.6. The number of rotatable bonds is 7. The van der Waals surface area contributed by atoms with E-state index in [1.807, 2.05) is 33.0 Å². The fourth-order valence-electron chi connectivity index (χ4n) is 4.76. The van der Waals surface area contributed by atoms with E-state index in [-0.39, 0.29) is 5.54 Å². The Morgan fingerprint density at radius 1 is 1.08 bits per heavy atom. The van der Waals surface area contributed by atoms with Crippen molar-refractivity contribution in [1.29, 1.82) is 0 Å². The molecule has 11 heteroatoms.